The van der Waals surface area contributed by atoms with Gasteiger partial charge in [-0.05, 0) is 40.4 Å². The number of nitrogens with zero attached hydrogens (tertiary/aromatic N) is 2. The molecule has 0 saturated carbocycles. The van der Waals surface area contributed by atoms with Gasteiger partial charge in [-0.15, -0.1) is 0 Å². The average Bonchev–Trinajstić information content (AvgIpc) is 2.37. The summed E-state index contributed by atoms with van der Waals surface area (Å²) in [5, 5.41) is 3.40. The van der Waals surface area contributed by atoms with E-state index in [9.17, 15) is 4.79 Å². The lowest BCUT2D eigenvalue weighted by atomic mass is 9.92. The van der Waals surface area contributed by atoms with Crippen molar-refractivity contribution < 1.29 is 9.53 Å². The number of ether oxygens (including phenoxy) is 1. The first-order valence-corrected chi connectivity index (χ1v) is 7.34. The van der Waals surface area contributed by atoms with Crippen LogP contribution in [0.4, 0.5) is 0 Å². The Kier molecular flexibility index (Phi) is 5.19. The molecule has 0 aromatic carbocycles. The molecule has 2 fully saturated rings. The number of hydrogen-bond donors (Lipinski definition) is 1. The molecule has 0 aromatic rings. The van der Waals surface area contributed by atoms with Crippen LogP contribution in [0.1, 0.15) is 19.8 Å². The predicted octanol–water partition coefficient (Wildman–Crippen LogP) is 0.164. The van der Waals surface area contributed by atoms with E-state index in [4.69, 9.17) is 4.74 Å². The smallest absolute Gasteiger partial charge is 0.225 e. The van der Waals surface area contributed by atoms with Crippen molar-refractivity contribution in [1.82, 2.24) is 15.1 Å². The maximum atomic E-state index is 12.6. The molecule has 2 aliphatic rings. The van der Waals surface area contributed by atoms with Crippen molar-refractivity contribution >= 4 is 5.91 Å². The van der Waals surface area contributed by atoms with Crippen LogP contribution in [0.15, 0.2) is 0 Å². The van der Waals surface area contributed by atoms with Crippen LogP contribution >= 0.6 is 0 Å². The van der Waals surface area contributed by atoms with Gasteiger partial charge in [0.2, 0.25) is 5.91 Å². The van der Waals surface area contributed by atoms with Gasteiger partial charge in [0.15, 0.2) is 0 Å². The van der Waals surface area contributed by atoms with Gasteiger partial charge in [-0.1, -0.05) is 0 Å². The highest BCUT2D eigenvalue weighted by Gasteiger charge is 2.31. The average molecular weight is 269 g/mol. The molecule has 1 unspecified atom stereocenters. The van der Waals surface area contributed by atoms with E-state index in [1.165, 1.54) is 0 Å². The lowest BCUT2D eigenvalue weighted by Crippen LogP contribution is -2.52. The monoisotopic (exact) mass is 269 g/mol. The normalized spacial score (nSPS) is 32.6. The molecule has 5 nitrogen and oxygen atoms in total. The summed E-state index contributed by atoms with van der Waals surface area (Å²) in [6.07, 6.45) is 2.10. The van der Waals surface area contributed by atoms with E-state index < -0.39 is 0 Å². The quantitative estimate of drug-likeness (QED) is 0.793. The Balaban J connectivity index is 1.87. The molecule has 2 aliphatic heterocycles. The first kappa shape index (κ1) is 14.8. The van der Waals surface area contributed by atoms with E-state index >= 15 is 0 Å². The Morgan fingerprint density at radius 1 is 1.47 bits per heavy atom. The van der Waals surface area contributed by atoms with Crippen LogP contribution < -0.4 is 5.32 Å². The van der Waals surface area contributed by atoms with Gasteiger partial charge in [0, 0.05) is 31.6 Å². The largest absolute Gasteiger partial charge is 0.373 e. The summed E-state index contributed by atoms with van der Waals surface area (Å²) >= 11 is 0. The van der Waals surface area contributed by atoms with Crippen LogP contribution in [0, 0.1) is 5.92 Å². The molecule has 2 saturated heterocycles. The Labute approximate surface area is 116 Å². The van der Waals surface area contributed by atoms with Gasteiger partial charge in [-0.25, -0.2) is 0 Å². The molecule has 1 amide bonds. The van der Waals surface area contributed by atoms with Crippen molar-refractivity contribution in [3.8, 4) is 0 Å². The van der Waals surface area contributed by atoms with E-state index in [0.717, 1.165) is 39.0 Å². The first-order valence-electron chi connectivity index (χ1n) is 7.34. The molecule has 19 heavy (non-hydrogen) atoms. The summed E-state index contributed by atoms with van der Waals surface area (Å²) < 4.78 is 5.73. The van der Waals surface area contributed by atoms with Crippen LogP contribution in [0.2, 0.25) is 0 Å². The third-order valence-electron chi connectivity index (χ3n) is 3.99. The Bertz CT molecular complexity index is 309. The predicted molar refractivity (Wildman–Crippen MR) is 75.1 cm³/mol. The Morgan fingerprint density at radius 2 is 2.26 bits per heavy atom. The molecular formula is C14H27N3O2. The minimum Gasteiger partial charge on any atom is -0.373 e. The van der Waals surface area contributed by atoms with E-state index in [2.05, 4.69) is 17.1 Å². The summed E-state index contributed by atoms with van der Waals surface area (Å²) in [6, 6.07) is 0.460. The summed E-state index contributed by atoms with van der Waals surface area (Å²) in [5.74, 6) is 0.537. The molecular weight excluding hydrogens is 242 g/mol. The maximum absolute atomic E-state index is 12.6. The number of carbonyl (C=O) groups is 1. The minimum atomic E-state index is 0.159. The van der Waals surface area contributed by atoms with Crippen molar-refractivity contribution in [3.63, 3.8) is 0 Å². The molecule has 0 aliphatic carbocycles. The number of morpholine rings is 1. The van der Waals surface area contributed by atoms with Gasteiger partial charge in [-0.2, -0.15) is 0 Å². The summed E-state index contributed by atoms with van der Waals surface area (Å²) in [6.45, 7) is 6.17. The first-order chi connectivity index (χ1) is 9.06. The van der Waals surface area contributed by atoms with E-state index in [-0.39, 0.29) is 12.0 Å². The van der Waals surface area contributed by atoms with Gasteiger partial charge in [0.05, 0.1) is 12.7 Å². The SMILES string of the molecule is C[C@H]1C[C@@H](C(=O)N2CCOC(CN(C)C)C2)CCN1. The fourth-order valence-electron chi connectivity index (χ4n) is 3.05. The molecule has 5 heteroatoms. The number of nitrogens with one attached hydrogen (secondary N) is 1. The van der Waals surface area contributed by atoms with Gasteiger partial charge < -0.3 is 19.9 Å². The second kappa shape index (κ2) is 6.68. The van der Waals surface area contributed by atoms with Crippen molar-refractivity contribution in [2.24, 2.45) is 5.92 Å². The highest BCUT2D eigenvalue weighted by molar-refractivity contribution is 5.79. The summed E-state index contributed by atoms with van der Waals surface area (Å²) in [7, 11) is 4.08. The molecule has 0 aromatic heterocycles. The maximum Gasteiger partial charge on any atom is 0.225 e. The van der Waals surface area contributed by atoms with Gasteiger partial charge >= 0.3 is 0 Å². The van der Waals surface area contributed by atoms with Gasteiger partial charge in [-0.3, -0.25) is 4.79 Å². The molecule has 2 heterocycles. The highest BCUT2D eigenvalue weighted by atomic mass is 16.5. The van der Waals surface area contributed by atoms with E-state index in [0.29, 0.717) is 18.6 Å². The molecule has 0 bridgehead atoms. The number of amides is 1. The zero-order valence-electron chi connectivity index (χ0n) is 12.4. The minimum absolute atomic E-state index is 0.159. The molecule has 0 spiro atoms. The third kappa shape index (κ3) is 4.16. The molecule has 2 rings (SSSR count). The van der Waals surface area contributed by atoms with E-state index in [1.54, 1.807) is 0 Å². The lowest BCUT2D eigenvalue weighted by molar-refractivity contribution is -0.144. The topological polar surface area (TPSA) is 44.8 Å². The summed E-state index contributed by atoms with van der Waals surface area (Å²) in [4.78, 5) is 16.7. The molecule has 3 atom stereocenters. The van der Waals surface area contributed by atoms with Crippen molar-refractivity contribution in [2.45, 2.75) is 31.9 Å². The Hall–Kier alpha value is -0.650. The van der Waals surface area contributed by atoms with Gasteiger partial charge in [0.25, 0.3) is 0 Å². The second-order valence-electron chi connectivity index (χ2n) is 6.12. The fraction of sp³-hybridized carbons (Fsp3) is 0.929. The molecule has 0 radical (unpaired) electrons. The second-order valence-corrected chi connectivity index (χ2v) is 6.12. The van der Waals surface area contributed by atoms with Crippen LogP contribution in [-0.2, 0) is 9.53 Å². The number of hydrogen-bond acceptors (Lipinski definition) is 4. The van der Waals surface area contributed by atoms with Gasteiger partial charge in [0.1, 0.15) is 0 Å². The zero-order chi connectivity index (χ0) is 13.8. The third-order valence-corrected chi connectivity index (χ3v) is 3.99. The zero-order valence-corrected chi connectivity index (χ0v) is 12.4. The number of rotatable bonds is 3. The summed E-state index contributed by atoms with van der Waals surface area (Å²) in [5.41, 5.74) is 0. The fourth-order valence-corrected chi connectivity index (χ4v) is 3.05. The molecule has 110 valence electrons. The number of likely N-dealkylation sites (N-methyl/N-ethyl adjacent to an activating group) is 1. The standard InChI is InChI=1S/C14H27N3O2/c1-11-8-12(4-5-15-11)14(18)17-6-7-19-13(10-17)9-16(2)3/h11-13,15H,4-10H2,1-3H3/t11-,12-,13?/m0/s1. The van der Waals surface area contributed by atoms with Crippen LogP contribution in [0.3, 0.4) is 0 Å². The lowest BCUT2D eigenvalue weighted by Gasteiger charge is -2.37. The van der Waals surface area contributed by atoms with Crippen molar-refractivity contribution in [3.05, 3.63) is 0 Å². The van der Waals surface area contributed by atoms with E-state index in [1.807, 2.05) is 19.0 Å². The van der Waals surface area contributed by atoms with Crippen LogP contribution in [0.25, 0.3) is 0 Å². The van der Waals surface area contributed by atoms with Crippen LogP contribution in [0.5, 0.6) is 0 Å². The Morgan fingerprint density at radius 3 is 2.95 bits per heavy atom. The number of carbonyl (C=O) groups excluding carboxylic acids is 1. The van der Waals surface area contributed by atoms with Crippen molar-refractivity contribution in [2.75, 3.05) is 46.9 Å². The highest BCUT2D eigenvalue weighted by Crippen LogP contribution is 2.20. The molecule has 1 N–H and O–H groups in total. The van der Waals surface area contributed by atoms with Crippen LogP contribution in [-0.4, -0.2) is 74.7 Å². The number of piperidine rings is 1. The van der Waals surface area contributed by atoms with Crippen molar-refractivity contribution in [1.29, 1.82) is 0 Å².